The summed E-state index contributed by atoms with van der Waals surface area (Å²) >= 11 is 2.47. The first-order chi connectivity index (χ1) is 17.3. The minimum atomic E-state index is -1.46. The number of aryl methyl sites for hydroxylation is 1. The van der Waals surface area contributed by atoms with Crippen LogP contribution in [0.15, 0.2) is 46.5 Å². The van der Waals surface area contributed by atoms with Crippen molar-refractivity contribution in [1.82, 2.24) is 24.9 Å². The van der Waals surface area contributed by atoms with E-state index in [4.69, 9.17) is 10.6 Å². The maximum Gasteiger partial charge on any atom is 0.311 e. The minimum absolute atomic E-state index is 0.145. The summed E-state index contributed by atoms with van der Waals surface area (Å²) in [5.74, 6) is -2.39. The van der Waals surface area contributed by atoms with Crippen LogP contribution in [0.5, 0.6) is 0 Å². The maximum absolute atomic E-state index is 13.0. The average molecular weight is 529 g/mol. The van der Waals surface area contributed by atoms with Crippen molar-refractivity contribution >= 4 is 57.4 Å². The summed E-state index contributed by atoms with van der Waals surface area (Å²) in [6.45, 7) is 2.15. The van der Waals surface area contributed by atoms with Gasteiger partial charge in [-0.25, -0.2) is 9.55 Å². The number of rotatable bonds is 7. The van der Waals surface area contributed by atoms with Gasteiger partial charge in [-0.05, 0) is 24.2 Å². The molecule has 15 heteroatoms. The number of aromatic nitrogens is 4. The normalized spacial score (nSPS) is 19.8. The quantitative estimate of drug-likeness (QED) is 0.159. The molecule has 0 saturated carbocycles. The number of nitrogens with two attached hydrogens (primary N) is 1. The summed E-state index contributed by atoms with van der Waals surface area (Å²) in [6, 6.07) is 2.84. The Morgan fingerprint density at radius 1 is 1.44 bits per heavy atom. The van der Waals surface area contributed by atoms with E-state index in [2.05, 4.69) is 20.6 Å². The van der Waals surface area contributed by atoms with Gasteiger partial charge in [0.05, 0.1) is 11.7 Å². The highest BCUT2D eigenvalue weighted by Crippen LogP contribution is 2.40. The number of nitrogens with one attached hydrogen (secondary N) is 1. The number of carbonyl (C=O) groups is 3. The van der Waals surface area contributed by atoms with Crippen LogP contribution in [0.2, 0.25) is 0 Å². The number of nitrogen functional groups attached to an aromatic ring is 1. The lowest BCUT2D eigenvalue weighted by molar-refractivity contribution is -0.578. The lowest BCUT2D eigenvalue weighted by Crippen LogP contribution is -2.71. The largest absolute Gasteiger partial charge is 0.543 e. The van der Waals surface area contributed by atoms with Crippen molar-refractivity contribution in [2.24, 2.45) is 5.16 Å². The molecule has 0 unspecified atom stereocenters. The number of amides is 2. The summed E-state index contributed by atoms with van der Waals surface area (Å²) < 4.78 is 3.52. The van der Waals surface area contributed by atoms with Gasteiger partial charge in [-0.15, -0.1) is 27.6 Å². The van der Waals surface area contributed by atoms with Gasteiger partial charge in [0.2, 0.25) is 6.33 Å². The predicted octanol–water partition coefficient (Wildman–Crippen LogP) is -1.58. The Bertz CT molecular complexity index is 1460. The van der Waals surface area contributed by atoms with Gasteiger partial charge < -0.3 is 25.8 Å². The highest BCUT2D eigenvalue weighted by molar-refractivity contribution is 8.00. The van der Waals surface area contributed by atoms with Crippen LogP contribution in [0.3, 0.4) is 0 Å². The summed E-state index contributed by atoms with van der Waals surface area (Å²) in [5, 5.41) is 23.9. The Hall–Kier alpha value is -3.98. The first-order valence-corrected chi connectivity index (χ1v) is 12.6. The first-order valence-electron chi connectivity index (χ1n) is 10.6. The first kappa shape index (κ1) is 23.7. The van der Waals surface area contributed by atoms with Crippen molar-refractivity contribution in [3.05, 3.63) is 52.6 Å². The van der Waals surface area contributed by atoms with Gasteiger partial charge in [0.25, 0.3) is 11.8 Å². The number of thioether (sulfide) groups is 1. The third kappa shape index (κ3) is 3.95. The van der Waals surface area contributed by atoms with Gasteiger partial charge in [-0.1, -0.05) is 5.16 Å². The van der Waals surface area contributed by atoms with E-state index in [1.54, 1.807) is 22.4 Å². The third-order valence-corrected chi connectivity index (χ3v) is 7.79. The highest BCUT2D eigenvalue weighted by atomic mass is 32.2. The van der Waals surface area contributed by atoms with Crippen LogP contribution in [0, 0.1) is 6.92 Å². The second-order valence-electron chi connectivity index (χ2n) is 8.01. The molecule has 1 saturated heterocycles. The minimum Gasteiger partial charge on any atom is -0.543 e. The highest BCUT2D eigenvalue weighted by Gasteiger charge is 2.53. The number of pyridine rings is 1. The molecule has 0 bridgehead atoms. The van der Waals surface area contributed by atoms with E-state index in [9.17, 15) is 19.5 Å². The molecule has 0 spiro atoms. The zero-order valence-electron chi connectivity index (χ0n) is 19.1. The van der Waals surface area contributed by atoms with Crippen molar-refractivity contribution in [1.29, 1.82) is 0 Å². The molecule has 2 atom stereocenters. The molecule has 0 aliphatic carbocycles. The Kier molecular flexibility index (Phi) is 6.09. The fraction of sp³-hybridized carbons (Fsp3) is 0.286. The Morgan fingerprint density at radius 3 is 2.94 bits per heavy atom. The van der Waals surface area contributed by atoms with Crippen molar-refractivity contribution in [2.75, 3.05) is 18.6 Å². The van der Waals surface area contributed by atoms with E-state index in [0.717, 1.165) is 27.4 Å². The molecule has 0 radical (unpaired) electrons. The van der Waals surface area contributed by atoms with Crippen LogP contribution in [-0.4, -0.2) is 67.3 Å². The second-order valence-corrected chi connectivity index (χ2v) is 10.0. The van der Waals surface area contributed by atoms with E-state index in [-0.39, 0.29) is 28.8 Å². The number of anilines is 1. The van der Waals surface area contributed by atoms with Gasteiger partial charge in [0, 0.05) is 22.3 Å². The Labute approximate surface area is 212 Å². The van der Waals surface area contributed by atoms with Crippen LogP contribution in [0.25, 0.3) is 5.65 Å². The molecule has 5 heterocycles. The number of carbonyl (C=O) groups excluding carboxylic acids is 3. The number of thiazole rings is 1. The van der Waals surface area contributed by atoms with Crippen LogP contribution in [0.4, 0.5) is 5.13 Å². The van der Waals surface area contributed by atoms with E-state index in [1.165, 1.54) is 18.9 Å². The summed E-state index contributed by atoms with van der Waals surface area (Å²) in [5.41, 5.74) is 7.80. The van der Waals surface area contributed by atoms with Crippen molar-refractivity contribution < 1.29 is 28.8 Å². The smallest absolute Gasteiger partial charge is 0.311 e. The molecule has 3 aromatic rings. The molecule has 36 heavy (non-hydrogen) atoms. The topological polar surface area (TPSA) is 172 Å². The van der Waals surface area contributed by atoms with Gasteiger partial charge in [0.15, 0.2) is 10.8 Å². The Morgan fingerprint density at radius 2 is 2.25 bits per heavy atom. The molecule has 2 amide bonds. The van der Waals surface area contributed by atoms with E-state index in [0.29, 0.717) is 11.3 Å². The summed E-state index contributed by atoms with van der Waals surface area (Å²) in [7, 11) is 1.28. The second kappa shape index (κ2) is 9.23. The number of fused-ring (bicyclic) bond motifs is 2. The van der Waals surface area contributed by atoms with E-state index >= 15 is 0 Å². The average Bonchev–Trinajstić information content (AvgIpc) is 3.47. The van der Waals surface area contributed by atoms with Crippen molar-refractivity contribution in [3.63, 3.8) is 0 Å². The van der Waals surface area contributed by atoms with Gasteiger partial charge in [-0.2, -0.15) is 0 Å². The third-order valence-electron chi connectivity index (χ3n) is 5.78. The fourth-order valence-electron chi connectivity index (χ4n) is 4.24. The van der Waals surface area contributed by atoms with Crippen LogP contribution >= 0.6 is 23.1 Å². The molecule has 2 aliphatic rings. The van der Waals surface area contributed by atoms with Crippen molar-refractivity contribution in [2.45, 2.75) is 24.9 Å². The molecular weight excluding hydrogens is 508 g/mol. The lowest BCUT2D eigenvalue weighted by Gasteiger charge is -2.50. The summed E-state index contributed by atoms with van der Waals surface area (Å²) in [4.78, 5) is 48.0. The number of oxime groups is 1. The molecule has 0 aromatic carbocycles. The molecule has 3 aromatic heterocycles. The zero-order chi connectivity index (χ0) is 25.6. The number of aliphatic carboxylic acids is 1. The van der Waals surface area contributed by atoms with Gasteiger partial charge >= 0.3 is 5.65 Å². The number of carboxylic acids is 1. The molecule has 5 rings (SSSR count). The van der Waals surface area contributed by atoms with Crippen LogP contribution in [-0.2, 0) is 25.8 Å². The van der Waals surface area contributed by atoms with E-state index < -0.39 is 29.2 Å². The maximum atomic E-state index is 13.0. The number of hydrogen-bond acceptors (Lipinski definition) is 11. The standard InChI is InChI=1S/C21H20N8O5S2/c1-10-4-3-5-28-17(10)27(9-23-28)6-11-7-35-19-14(18(31)29(19)15(11)20(32)33)25-16(30)13(26-34-2)12-8-36-21(22)24-12/h3-5,8-9,14,19H,6-7H2,1-2H3,(H3-,22,24,25,30,32,33)/b26-13-/t14-,19+/m1/s1. The SMILES string of the molecule is CO/N=C(\C(=O)N[C@@H]1C(=O)N2C(C(=O)[O-])=C(Cn3cn[n+]4cccc(C)c34)CS[C@@H]12)c1csc(N)n1. The molecule has 186 valence electrons. The summed E-state index contributed by atoms with van der Waals surface area (Å²) in [6.07, 6.45) is 3.41. The number of hydrogen-bond donors (Lipinski definition) is 2. The van der Waals surface area contributed by atoms with E-state index in [1.807, 2.05) is 23.6 Å². The Balaban J connectivity index is 1.38. The molecular formula is C21H20N8O5S2. The molecule has 3 N–H and O–H groups in total. The molecule has 2 aliphatic heterocycles. The monoisotopic (exact) mass is 528 g/mol. The number of nitrogens with zero attached hydrogens (tertiary/aromatic N) is 6. The number of carboxylic acid groups (broad SMARTS) is 1. The molecule has 13 nitrogen and oxygen atoms in total. The fourth-order valence-corrected chi connectivity index (χ4v) is 6.12. The van der Waals surface area contributed by atoms with Crippen LogP contribution in [0.1, 0.15) is 11.3 Å². The van der Waals surface area contributed by atoms with Gasteiger partial charge in [-0.3, -0.25) is 14.5 Å². The predicted molar refractivity (Wildman–Crippen MR) is 127 cm³/mol. The molecule has 1 fully saturated rings. The van der Waals surface area contributed by atoms with Crippen molar-refractivity contribution in [3.8, 4) is 0 Å². The number of β-lactam (4-membered cyclic amide) rings is 1. The van der Waals surface area contributed by atoms with Gasteiger partial charge in [0.1, 0.15) is 37.0 Å². The zero-order valence-corrected chi connectivity index (χ0v) is 20.7. The van der Waals surface area contributed by atoms with Crippen LogP contribution < -0.4 is 20.7 Å². The lowest BCUT2D eigenvalue weighted by atomic mass is 10.0.